The van der Waals surface area contributed by atoms with Crippen molar-refractivity contribution >= 4 is 23.4 Å². The summed E-state index contributed by atoms with van der Waals surface area (Å²) in [4.78, 5) is 35.6. The fourth-order valence-corrected chi connectivity index (χ4v) is 5.55. The summed E-state index contributed by atoms with van der Waals surface area (Å²) >= 11 is 6.19. The molecule has 1 saturated carbocycles. The van der Waals surface area contributed by atoms with Crippen LogP contribution in [0.5, 0.6) is 0 Å². The fraction of sp³-hybridized carbons (Fsp3) is 0.400. The average molecular weight is 515 g/mol. The van der Waals surface area contributed by atoms with E-state index in [2.05, 4.69) is 20.2 Å². The maximum Gasteiger partial charge on any atom is 0.272 e. The van der Waals surface area contributed by atoms with Gasteiger partial charge in [0.2, 0.25) is 5.91 Å². The first-order valence-electron chi connectivity index (χ1n) is 11.8. The Morgan fingerprint density at radius 1 is 1.22 bits per heavy atom. The first-order valence-corrected chi connectivity index (χ1v) is 12.2. The smallest absolute Gasteiger partial charge is 0.272 e. The van der Waals surface area contributed by atoms with E-state index in [4.69, 9.17) is 17.3 Å². The van der Waals surface area contributed by atoms with Crippen molar-refractivity contribution in [2.45, 2.75) is 44.6 Å². The molecule has 3 atom stereocenters. The minimum Gasteiger partial charge on any atom is -0.369 e. The number of nitrogens with two attached hydrogens (primary N) is 1. The van der Waals surface area contributed by atoms with Crippen LogP contribution in [0.4, 0.5) is 8.78 Å². The number of carbonyl (C=O) groups excluding carboxylic acids is 2. The summed E-state index contributed by atoms with van der Waals surface area (Å²) in [6.45, 7) is 2.25. The molecule has 4 heterocycles. The number of aryl methyl sites for hydroxylation is 1. The summed E-state index contributed by atoms with van der Waals surface area (Å²) in [6.07, 6.45) is 4.85. The van der Waals surface area contributed by atoms with E-state index in [1.165, 1.54) is 12.1 Å². The maximum absolute atomic E-state index is 14.4. The summed E-state index contributed by atoms with van der Waals surface area (Å²) < 4.78 is 27.9. The van der Waals surface area contributed by atoms with E-state index in [-0.39, 0.29) is 34.0 Å². The lowest BCUT2D eigenvalue weighted by Gasteiger charge is -2.40. The highest BCUT2D eigenvalue weighted by Crippen LogP contribution is 2.57. The van der Waals surface area contributed by atoms with Gasteiger partial charge in [0.25, 0.3) is 5.91 Å². The molecule has 1 aliphatic carbocycles. The number of H-pyrrole nitrogens is 1. The van der Waals surface area contributed by atoms with E-state index in [0.717, 1.165) is 12.4 Å². The second-order valence-corrected chi connectivity index (χ2v) is 9.92. The van der Waals surface area contributed by atoms with Gasteiger partial charge < -0.3 is 10.6 Å². The van der Waals surface area contributed by atoms with Crippen molar-refractivity contribution < 1.29 is 18.4 Å². The van der Waals surface area contributed by atoms with E-state index in [9.17, 15) is 18.4 Å². The summed E-state index contributed by atoms with van der Waals surface area (Å²) in [5, 5.41) is 7.15. The largest absolute Gasteiger partial charge is 0.369 e. The minimum absolute atomic E-state index is 0.0220. The molecule has 0 radical (unpaired) electrons. The lowest BCUT2D eigenvalue weighted by Crippen LogP contribution is -2.51. The monoisotopic (exact) mass is 514 g/mol. The molecule has 0 bridgehead atoms. The van der Waals surface area contributed by atoms with Gasteiger partial charge in [0.05, 0.1) is 28.8 Å². The minimum atomic E-state index is -0.600. The van der Waals surface area contributed by atoms with Gasteiger partial charge in [-0.05, 0) is 56.2 Å². The lowest BCUT2D eigenvalue weighted by molar-refractivity contribution is -0.124. The van der Waals surface area contributed by atoms with Crippen molar-refractivity contribution in [3.63, 3.8) is 0 Å². The topological polar surface area (TPSA) is 118 Å². The number of aromatic nitrogens is 4. The molecule has 2 fully saturated rings. The first kappa shape index (κ1) is 24.3. The van der Waals surface area contributed by atoms with Crippen LogP contribution in [0.3, 0.4) is 0 Å². The van der Waals surface area contributed by atoms with Crippen LogP contribution in [-0.4, -0.2) is 49.0 Å². The van der Waals surface area contributed by atoms with Gasteiger partial charge in [-0.3, -0.25) is 24.7 Å². The Kier molecular flexibility index (Phi) is 6.23. The number of pyridine rings is 2. The van der Waals surface area contributed by atoms with Crippen LogP contribution in [0, 0.1) is 23.5 Å². The molecular formula is C25H25ClF2N6O2. The zero-order valence-corrected chi connectivity index (χ0v) is 20.4. The van der Waals surface area contributed by atoms with Crippen LogP contribution < -0.4 is 5.73 Å². The van der Waals surface area contributed by atoms with Gasteiger partial charge in [0.15, 0.2) is 5.82 Å². The van der Waals surface area contributed by atoms with Crippen LogP contribution in [0.2, 0.25) is 5.02 Å². The molecule has 3 aromatic rings. The van der Waals surface area contributed by atoms with Crippen LogP contribution in [0.1, 0.15) is 48.1 Å². The molecule has 3 N–H and O–H groups in total. The lowest BCUT2D eigenvalue weighted by atomic mass is 9.86. The highest BCUT2D eigenvalue weighted by Gasteiger charge is 2.62. The third-order valence-corrected chi connectivity index (χ3v) is 7.70. The molecule has 1 aliphatic heterocycles. The zero-order chi connectivity index (χ0) is 25.6. The van der Waals surface area contributed by atoms with Crippen molar-refractivity contribution in [1.82, 2.24) is 25.1 Å². The van der Waals surface area contributed by atoms with Crippen molar-refractivity contribution in [1.29, 1.82) is 0 Å². The van der Waals surface area contributed by atoms with Crippen molar-refractivity contribution in [2.24, 2.45) is 17.6 Å². The third-order valence-electron chi connectivity index (χ3n) is 7.37. The van der Waals surface area contributed by atoms with E-state index in [0.29, 0.717) is 55.7 Å². The number of hydrogen-bond donors (Lipinski definition) is 2. The Morgan fingerprint density at radius 2 is 2.03 bits per heavy atom. The molecular weight excluding hydrogens is 490 g/mol. The van der Waals surface area contributed by atoms with E-state index < -0.39 is 23.1 Å². The highest BCUT2D eigenvalue weighted by atomic mass is 35.5. The van der Waals surface area contributed by atoms with Gasteiger partial charge in [0.1, 0.15) is 11.5 Å². The number of rotatable bonds is 6. The molecule has 8 nitrogen and oxygen atoms in total. The van der Waals surface area contributed by atoms with Crippen LogP contribution in [0.15, 0.2) is 30.6 Å². The normalized spacial score (nSPS) is 23.2. The van der Waals surface area contributed by atoms with Gasteiger partial charge in [-0.15, -0.1) is 0 Å². The van der Waals surface area contributed by atoms with Crippen LogP contribution in [-0.2, 0) is 17.6 Å². The number of primary amides is 1. The second kappa shape index (κ2) is 9.24. The summed E-state index contributed by atoms with van der Waals surface area (Å²) in [5.74, 6) is -2.11. The molecule has 3 aromatic heterocycles. The highest BCUT2D eigenvalue weighted by molar-refractivity contribution is 6.31. The Hall–Kier alpha value is -3.40. The number of hydrogen-bond acceptors (Lipinski definition) is 5. The molecule has 1 spiro atoms. The second-order valence-electron chi connectivity index (χ2n) is 9.52. The predicted molar refractivity (Wildman–Crippen MR) is 128 cm³/mol. The average Bonchev–Trinajstić information content (AvgIpc) is 3.28. The predicted octanol–water partition coefficient (Wildman–Crippen LogP) is 3.70. The number of likely N-dealkylation sites (tertiary alicyclic amines) is 1. The summed E-state index contributed by atoms with van der Waals surface area (Å²) in [6, 6.07) is 4.36. The third kappa shape index (κ3) is 4.34. The molecule has 3 unspecified atom stereocenters. The molecule has 36 heavy (non-hydrogen) atoms. The Bertz CT molecular complexity index is 1350. The molecule has 5 rings (SSSR count). The molecule has 11 heteroatoms. The number of nitrogens with one attached hydrogen (secondary N) is 1. The van der Waals surface area contributed by atoms with Crippen molar-refractivity contribution in [2.75, 3.05) is 6.54 Å². The van der Waals surface area contributed by atoms with Gasteiger partial charge in [-0.1, -0.05) is 18.5 Å². The Balaban J connectivity index is 1.41. The molecule has 2 aliphatic rings. The van der Waals surface area contributed by atoms with E-state index in [1.54, 1.807) is 11.0 Å². The number of halogens is 3. The number of piperidine rings is 1. The Morgan fingerprint density at radius 3 is 2.75 bits per heavy atom. The number of aromatic amines is 1. The van der Waals surface area contributed by atoms with E-state index in [1.807, 2.05) is 6.92 Å². The number of amides is 2. The molecule has 188 valence electrons. The molecule has 1 saturated heterocycles. The van der Waals surface area contributed by atoms with Gasteiger partial charge in [-0.2, -0.15) is 5.10 Å². The van der Waals surface area contributed by atoms with Crippen LogP contribution >= 0.6 is 11.6 Å². The maximum atomic E-state index is 14.4. The quantitative estimate of drug-likeness (QED) is 0.520. The zero-order valence-electron chi connectivity index (χ0n) is 19.6. The standard InChI is InChI=1S/C25H25ClF2N6O2/c1-2-16-7-17(19(28)12-30-16)20-8-22(33-32-20)24(36)34-4-3-13(23(29)35)9-25(34)10-14(25)5-21-18(26)6-15(27)11-31-21/h6-8,11-14H,2-5,9-10H2,1H3,(H2,29,35)(H,32,33). The van der Waals surface area contributed by atoms with Gasteiger partial charge in [-0.25, -0.2) is 8.78 Å². The Labute approximate surface area is 211 Å². The van der Waals surface area contributed by atoms with Gasteiger partial charge >= 0.3 is 0 Å². The first-order chi connectivity index (χ1) is 17.2. The van der Waals surface area contributed by atoms with Crippen LogP contribution in [0.25, 0.3) is 11.3 Å². The van der Waals surface area contributed by atoms with Gasteiger partial charge in [0, 0.05) is 29.3 Å². The summed E-state index contributed by atoms with van der Waals surface area (Å²) in [7, 11) is 0. The van der Waals surface area contributed by atoms with Crippen molar-refractivity contribution in [3.8, 4) is 11.3 Å². The molecule has 0 aromatic carbocycles. The van der Waals surface area contributed by atoms with Crippen molar-refractivity contribution in [3.05, 3.63) is 64.3 Å². The summed E-state index contributed by atoms with van der Waals surface area (Å²) in [5.41, 5.74) is 7.06. The fourth-order valence-electron chi connectivity index (χ4n) is 5.32. The number of carbonyl (C=O) groups is 2. The SMILES string of the molecule is CCc1cc(-c2cc(C(=O)N3CCC(C(N)=O)CC34CC4Cc3ncc(F)cc3Cl)[nH]n2)c(F)cn1. The number of nitrogens with zero attached hydrogens (tertiary/aromatic N) is 4. The molecule has 2 amide bonds. The van der Waals surface area contributed by atoms with E-state index >= 15 is 0 Å².